The van der Waals surface area contributed by atoms with Gasteiger partial charge in [-0.2, -0.15) is 4.39 Å². The standard InChI is InChI=1S/C10H11ClFNO3/c11-3-1-8(15)9(16)6-2-4-13-10(12)7(6)5-14/h2,4-5,8-9,15-16H,1,3H2. The summed E-state index contributed by atoms with van der Waals surface area (Å²) < 4.78 is 13.1. The lowest BCUT2D eigenvalue weighted by atomic mass is 9.99. The van der Waals surface area contributed by atoms with Crippen molar-refractivity contribution >= 4 is 17.9 Å². The van der Waals surface area contributed by atoms with Gasteiger partial charge in [0, 0.05) is 12.1 Å². The summed E-state index contributed by atoms with van der Waals surface area (Å²) in [5.74, 6) is -0.813. The summed E-state index contributed by atoms with van der Waals surface area (Å²) in [6, 6.07) is 1.29. The van der Waals surface area contributed by atoms with E-state index in [0.29, 0.717) is 0 Å². The Balaban J connectivity index is 3.03. The van der Waals surface area contributed by atoms with E-state index in [4.69, 9.17) is 11.6 Å². The molecule has 1 aromatic rings. The van der Waals surface area contributed by atoms with Crippen LogP contribution in [0.15, 0.2) is 12.3 Å². The summed E-state index contributed by atoms with van der Waals surface area (Å²) in [4.78, 5) is 13.9. The molecular weight excluding hydrogens is 237 g/mol. The molecule has 0 aliphatic carbocycles. The summed E-state index contributed by atoms with van der Waals surface area (Å²) in [5.41, 5.74) is -0.330. The van der Waals surface area contributed by atoms with E-state index >= 15 is 0 Å². The molecule has 0 aromatic carbocycles. The van der Waals surface area contributed by atoms with Crippen LogP contribution in [0.1, 0.15) is 28.4 Å². The van der Waals surface area contributed by atoms with Crippen molar-refractivity contribution < 1.29 is 19.4 Å². The number of aliphatic hydroxyl groups excluding tert-OH is 2. The van der Waals surface area contributed by atoms with Gasteiger partial charge in [0.05, 0.1) is 11.7 Å². The summed E-state index contributed by atoms with van der Waals surface area (Å²) in [7, 11) is 0. The summed E-state index contributed by atoms with van der Waals surface area (Å²) in [6.45, 7) is 0. The monoisotopic (exact) mass is 247 g/mol. The number of hydrogen-bond acceptors (Lipinski definition) is 4. The Kier molecular flexibility index (Phi) is 4.79. The van der Waals surface area contributed by atoms with E-state index < -0.39 is 18.2 Å². The quantitative estimate of drug-likeness (QED) is 0.464. The summed E-state index contributed by atoms with van der Waals surface area (Å²) in [5, 5.41) is 19.2. The van der Waals surface area contributed by atoms with Gasteiger partial charge >= 0.3 is 0 Å². The van der Waals surface area contributed by atoms with Crippen molar-refractivity contribution in [2.45, 2.75) is 18.6 Å². The van der Waals surface area contributed by atoms with Gasteiger partial charge in [0.2, 0.25) is 5.95 Å². The number of hydrogen-bond donors (Lipinski definition) is 2. The van der Waals surface area contributed by atoms with Gasteiger partial charge in [-0.05, 0) is 18.1 Å². The van der Waals surface area contributed by atoms with Crippen molar-refractivity contribution in [1.82, 2.24) is 4.98 Å². The second-order valence-electron chi connectivity index (χ2n) is 3.21. The normalized spacial score (nSPS) is 14.5. The highest BCUT2D eigenvalue weighted by Crippen LogP contribution is 2.22. The Morgan fingerprint density at radius 2 is 2.25 bits per heavy atom. The highest BCUT2D eigenvalue weighted by atomic mass is 35.5. The van der Waals surface area contributed by atoms with Gasteiger partial charge in [-0.3, -0.25) is 4.79 Å². The Labute approximate surface area is 96.7 Å². The molecule has 0 aliphatic heterocycles. The second kappa shape index (κ2) is 5.89. The molecule has 0 spiro atoms. The zero-order valence-corrected chi connectivity index (χ0v) is 9.06. The van der Waals surface area contributed by atoms with Crippen molar-refractivity contribution in [3.8, 4) is 0 Å². The highest BCUT2D eigenvalue weighted by molar-refractivity contribution is 6.17. The van der Waals surface area contributed by atoms with Crippen LogP contribution in [-0.2, 0) is 0 Å². The molecule has 0 radical (unpaired) electrons. The van der Waals surface area contributed by atoms with Crippen LogP contribution in [0.5, 0.6) is 0 Å². The molecule has 2 unspecified atom stereocenters. The number of carbonyl (C=O) groups excluding carboxylic acids is 1. The van der Waals surface area contributed by atoms with E-state index in [-0.39, 0.29) is 29.7 Å². The molecule has 2 atom stereocenters. The van der Waals surface area contributed by atoms with Crippen molar-refractivity contribution in [2.24, 2.45) is 0 Å². The predicted molar refractivity (Wildman–Crippen MR) is 55.9 cm³/mol. The minimum atomic E-state index is -1.35. The summed E-state index contributed by atoms with van der Waals surface area (Å²) in [6.07, 6.45) is -0.970. The molecule has 0 bridgehead atoms. The minimum Gasteiger partial charge on any atom is -0.390 e. The van der Waals surface area contributed by atoms with Crippen LogP contribution < -0.4 is 0 Å². The average Bonchev–Trinajstić information content (AvgIpc) is 2.28. The van der Waals surface area contributed by atoms with Gasteiger partial charge in [0.15, 0.2) is 6.29 Å². The van der Waals surface area contributed by atoms with Gasteiger partial charge < -0.3 is 10.2 Å². The lowest BCUT2D eigenvalue weighted by molar-refractivity contribution is 0.0164. The second-order valence-corrected chi connectivity index (χ2v) is 3.59. The Hall–Kier alpha value is -1.04. The maximum absolute atomic E-state index is 13.1. The van der Waals surface area contributed by atoms with Gasteiger partial charge in [0.1, 0.15) is 6.10 Å². The zero-order chi connectivity index (χ0) is 12.1. The van der Waals surface area contributed by atoms with Gasteiger partial charge in [-0.1, -0.05) is 0 Å². The number of aldehydes is 1. The maximum Gasteiger partial charge on any atom is 0.223 e. The molecule has 0 saturated heterocycles. The predicted octanol–water partition coefficient (Wildman–Crippen LogP) is 1.06. The maximum atomic E-state index is 13.1. The molecule has 1 aromatic heterocycles. The van der Waals surface area contributed by atoms with Gasteiger partial charge in [-0.25, -0.2) is 4.98 Å². The minimum absolute atomic E-state index is 0.0140. The van der Waals surface area contributed by atoms with Gasteiger partial charge in [-0.15, -0.1) is 11.6 Å². The van der Waals surface area contributed by atoms with Crippen molar-refractivity contribution in [3.05, 3.63) is 29.3 Å². The van der Waals surface area contributed by atoms with Crippen LogP contribution in [0.2, 0.25) is 0 Å². The number of carbonyl (C=O) groups is 1. The lowest BCUT2D eigenvalue weighted by Crippen LogP contribution is -2.20. The molecule has 2 N–H and O–H groups in total. The Morgan fingerprint density at radius 1 is 1.56 bits per heavy atom. The molecule has 0 aliphatic rings. The van der Waals surface area contributed by atoms with Crippen molar-refractivity contribution in [1.29, 1.82) is 0 Å². The molecular formula is C10H11ClFNO3. The number of pyridine rings is 1. The largest absolute Gasteiger partial charge is 0.390 e. The number of alkyl halides is 1. The molecule has 0 saturated carbocycles. The Bertz CT molecular complexity index is 375. The number of halogens is 2. The van der Waals surface area contributed by atoms with E-state index in [1.807, 2.05) is 0 Å². The first-order valence-electron chi connectivity index (χ1n) is 4.63. The smallest absolute Gasteiger partial charge is 0.223 e. The van der Waals surface area contributed by atoms with Crippen LogP contribution in [0.25, 0.3) is 0 Å². The summed E-state index contributed by atoms with van der Waals surface area (Å²) >= 11 is 5.41. The number of aliphatic hydroxyl groups is 2. The van der Waals surface area contributed by atoms with Crippen molar-refractivity contribution in [3.63, 3.8) is 0 Å². The highest BCUT2D eigenvalue weighted by Gasteiger charge is 2.22. The fraction of sp³-hybridized carbons (Fsp3) is 0.400. The zero-order valence-electron chi connectivity index (χ0n) is 8.31. The van der Waals surface area contributed by atoms with E-state index in [0.717, 1.165) is 6.20 Å². The van der Waals surface area contributed by atoms with E-state index in [2.05, 4.69) is 4.98 Å². The van der Waals surface area contributed by atoms with Crippen LogP contribution in [0, 0.1) is 5.95 Å². The topological polar surface area (TPSA) is 70.4 Å². The molecule has 4 nitrogen and oxygen atoms in total. The third-order valence-corrected chi connectivity index (χ3v) is 2.40. The molecule has 6 heteroatoms. The molecule has 1 rings (SSSR count). The average molecular weight is 248 g/mol. The van der Waals surface area contributed by atoms with Crippen LogP contribution in [0.3, 0.4) is 0 Å². The lowest BCUT2D eigenvalue weighted by Gasteiger charge is -2.18. The van der Waals surface area contributed by atoms with Crippen molar-refractivity contribution in [2.75, 3.05) is 5.88 Å². The van der Waals surface area contributed by atoms with Crippen LogP contribution in [-0.4, -0.2) is 33.5 Å². The number of nitrogens with zero attached hydrogens (tertiary/aromatic N) is 1. The van der Waals surface area contributed by atoms with E-state index in [9.17, 15) is 19.4 Å². The Morgan fingerprint density at radius 3 is 2.81 bits per heavy atom. The first-order valence-corrected chi connectivity index (χ1v) is 5.17. The molecule has 0 fully saturated rings. The number of rotatable bonds is 5. The third kappa shape index (κ3) is 2.75. The molecule has 88 valence electrons. The fourth-order valence-electron chi connectivity index (χ4n) is 1.31. The van der Waals surface area contributed by atoms with Crippen LogP contribution in [0.4, 0.5) is 4.39 Å². The van der Waals surface area contributed by atoms with Gasteiger partial charge in [0.25, 0.3) is 0 Å². The number of aromatic nitrogens is 1. The van der Waals surface area contributed by atoms with E-state index in [1.54, 1.807) is 0 Å². The molecule has 16 heavy (non-hydrogen) atoms. The first kappa shape index (κ1) is 13.0. The van der Waals surface area contributed by atoms with Crippen LogP contribution >= 0.6 is 11.6 Å². The first-order chi connectivity index (χ1) is 7.61. The third-order valence-electron chi connectivity index (χ3n) is 2.18. The fourth-order valence-corrected chi connectivity index (χ4v) is 1.54. The molecule has 0 amide bonds. The van der Waals surface area contributed by atoms with E-state index in [1.165, 1.54) is 6.07 Å². The SMILES string of the molecule is O=Cc1c(C(O)C(O)CCCl)ccnc1F. The molecule has 1 heterocycles.